The fraction of sp³-hybridized carbons (Fsp3) is 0.273. The lowest BCUT2D eigenvalue weighted by Gasteiger charge is -2.26. The molecule has 1 aliphatic rings. The van der Waals surface area contributed by atoms with Gasteiger partial charge in [-0.1, -0.05) is 0 Å². The Morgan fingerprint density at radius 2 is 1.82 bits per heavy atom. The van der Waals surface area contributed by atoms with Crippen molar-refractivity contribution in [1.82, 2.24) is 9.29 Å². The molecule has 0 spiro atoms. The predicted octanol–water partition coefficient (Wildman–Crippen LogP) is 3.10. The van der Waals surface area contributed by atoms with Crippen LogP contribution in [-0.2, 0) is 14.8 Å². The number of ether oxygens (including phenoxy) is 3. The maximum Gasteiger partial charge on any atom is 0.257 e. The second-order valence-corrected chi connectivity index (χ2v) is 9.87. The highest BCUT2D eigenvalue weighted by Crippen LogP contribution is 2.30. The Kier molecular flexibility index (Phi) is 6.94. The lowest BCUT2D eigenvalue weighted by Crippen LogP contribution is -2.40. The number of morpholine rings is 1. The van der Waals surface area contributed by atoms with Crippen LogP contribution in [0.15, 0.2) is 52.7 Å². The number of carbonyl (C=O) groups excluding carboxylic acids is 1. The van der Waals surface area contributed by atoms with Gasteiger partial charge >= 0.3 is 0 Å². The van der Waals surface area contributed by atoms with E-state index >= 15 is 0 Å². The Balaban J connectivity index is 1.55. The Hall–Kier alpha value is -2.99. The van der Waals surface area contributed by atoms with E-state index in [0.717, 1.165) is 11.3 Å². The van der Waals surface area contributed by atoms with Gasteiger partial charge in [0.05, 0.1) is 33.1 Å². The van der Waals surface area contributed by atoms with Gasteiger partial charge in [-0.15, -0.1) is 11.3 Å². The van der Waals surface area contributed by atoms with E-state index in [1.807, 2.05) is 29.6 Å². The minimum Gasteiger partial charge on any atom is -0.497 e. The lowest BCUT2D eigenvalue weighted by molar-refractivity contribution is 0.0729. The quantitative estimate of drug-likeness (QED) is 0.543. The van der Waals surface area contributed by atoms with Crippen LogP contribution in [0.2, 0.25) is 0 Å². The van der Waals surface area contributed by atoms with E-state index in [9.17, 15) is 13.2 Å². The van der Waals surface area contributed by atoms with Gasteiger partial charge in [-0.3, -0.25) is 10.1 Å². The van der Waals surface area contributed by atoms with Crippen molar-refractivity contribution < 1.29 is 27.4 Å². The molecule has 0 atom stereocenters. The van der Waals surface area contributed by atoms with Crippen LogP contribution in [-0.4, -0.2) is 64.1 Å². The van der Waals surface area contributed by atoms with Crippen molar-refractivity contribution in [3.63, 3.8) is 0 Å². The Bertz CT molecular complexity index is 1240. The van der Waals surface area contributed by atoms with E-state index in [4.69, 9.17) is 14.2 Å². The molecular formula is C22H23N3O6S2. The van der Waals surface area contributed by atoms with Crippen molar-refractivity contribution in [1.29, 1.82) is 0 Å². The zero-order chi connectivity index (χ0) is 23.4. The number of amides is 1. The highest BCUT2D eigenvalue weighted by molar-refractivity contribution is 7.89. The number of aromatic nitrogens is 1. The molecule has 1 aromatic heterocycles. The van der Waals surface area contributed by atoms with Crippen molar-refractivity contribution in [2.45, 2.75) is 4.90 Å². The molecule has 174 valence electrons. The second kappa shape index (κ2) is 9.87. The molecule has 33 heavy (non-hydrogen) atoms. The van der Waals surface area contributed by atoms with Crippen molar-refractivity contribution >= 4 is 32.4 Å². The third-order valence-corrected chi connectivity index (χ3v) is 7.80. The summed E-state index contributed by atoms with van der Waals surface area (Å²) in [6, 6.07) is 11.8. The maximum atomic E-state index is 13.1. The first-order valence-electron chi connectivity index (χ1n) is 10.1. The number of nitrogens with zero attached hydrogens (tertiary/aromatic N) is 2. The average molecular weight is 490 g/mol. The SMILES string of the molecule is COc1ccc(-c2csc(NC(=O)c3ccc(OC)c(S(=O)(=O)N4CCOCC4)c3)n2)cc1. The van der Waals surface area contributed by atoms with Crippen LogP contribution < -0.4 is 14.8 Å². The molecule has 2 heterocycles. The highest BCUT2D eigenvalue weighted by atomic mass is 32.2. The molecule has 0 unspecified atom stereocenters. The van der Waals surface area contributed by atoms with Crippen LogP contribution in [0.1, 0.15) is 10.4 Å². The molecule has 1 fully saturated rings. The highest BCUT2D eigenvalue weighted by Gasteiger charge is 2.30. The number of carbonyl (C=O) groups is 1. The molecule has 4 rings (SSSR count). The van der Waals surface area contributed by atoms with E-state index in [2.05, 4.69) is 10.3 Å². The van der Waals surface area contributed by atoms with E-state index < -0.39 is 15.9 Å². The average Bonchev–Trinajstić information content (AvgIpc) is 3.32. The third kappa shape index (κ3) is 5.01. The summed E-state index contributed by atoms with van der Waals surface area (Å²) >= 11 is 1.28. The van der Waals surface area contributed by atoms with E-state index in [-0.39, 0.29) is 29.3 Å². The minimum atomic E-state index is -3.85. The molecule has 1 saturated heterocycles. The Morgan fingerprint density at radius 3 is 2.48 bits per heavy atom. The predicted molar refractivity (Wildman–Crippen MR) is 125 cm³/mol. The standard InChI is InChI=1S/C22H23N3O6S2/c1-29-17-6-3-15(4-7-17)18-14-32-22(23-18)24-21(26)16-5-8-19(30-2)20(13-16)33(27,28)25-9-11-31-12-10-25/h3-8,13-14H,9-12H2,1-2H3,(H,23,24,26). The molecule has 3 aromatic rings. The first-order chi connectivity index (χ1) is 15.9. The number of hydrogen-bond donors (Lipinski definition) is 1. The van der Waals surface area contributed by atoms with Crippen LogP contribution in [0.5, 0.6) is 11.5 Å². The molecule has 11 heteroatoms. The summed E-state index contributed by atoms with van der Waals surface area (Å²) in [5.74, 6) is 0.450. The minimum absolute atomic E-state index is 0.0578. The summed E-state index contributed by atoms with van der Waals surface area (Å²) in [5.41, 5.74) is 1.78. The van der Waals surface area contributed by atoms with Gasteiger partial charge in [-0.25, -0.2) is 13.4 Å². The van der Waals surface area contributed by atoms with Gasteiger partial charge in [0.15, 0.2) is 5.13 Å². The molecule has 0 bridgehead atoms. The fourth-order valence-corrected chi connectivity index (χ4v) is 5.64. The van der Waals surface area contributed by atoms with Gasteiger partial charge in [-0.05, 0) is 42.5 Å². The molecule has 9 nitrogen and oxygen atoms in total. The zero-order valence-electron chi connectivity index (χ0n) is 18.1. The molecular weight excluding hydrogens is 466 g/mol. The van der Waals surface area contributed by atoms with E-state index in [1.54, 1.807) is 7.11 Å². The van der Waals surface area contributed by atoms with Gasteiger partial charge in [0, 0.05) is 29.6 Å². The topological polar surface area (TPSA) is 107 Å². The monoisotopic (exact) mass is 489 g/mol. The van der Waals surface area contributed by atoms with Crippen LogP contribution in [0, 0.1) is 0 Å². The second-order valence-electron chi connectivity index (χ2n) is 7.10. The molecule has 0 radical (unpaired) electrons. The van der Waals surface area contributed by atoms with Gasteiger partial charge in [0.1, 0.15) is 16.4 Å². The maximum absolute atomic E-state index is 13.1. The van der Waals surface area contributed by atoms with Gasteiger partial charge in [0.25, 0.3) is 5.91 Å². The van der Waals surface area contributed by atoms with Crippen LogP contribution in [0.4, 0.5) is 5.13 Å². The van der Waals surface area contributed by atoms with Gasteiger partial charge in [0.2, 0.25) is 10.0 Å². The number of anilines is 1. The molecule has 1 N–H and O–H groups in total. The summed E-state index contributed by atoms with van der Waals surface area (Å²) in [6.45, 7) is 1.13. The van der Waals surface area contributed by atoms with Crippen LogP contribution >= 0.6 is 11.3 Å². The number of methoxy groups -OCH3 is 2. The summed E-state index contributed by atoms with van der Waals surface area (Å²) in [6.07, 6.45) is 0. The van der Waals surface area contributed by atoms with Crippen LogP contribution in [0.25, 0.3) is 11.3 Å². The largest absolute Gasteiger partial charge is 0.497 e. The number of sulfonamides is 1. The van der Waals surface area contributed by atoms with Crippen molar-refractivity contribution in [3.05, 3.63) is 53.4 Å². The summed E-state index contributed by atoms with van der Waals surface area (Å²) < 4.78 is 43.3. The Labute approximate surface area is 196 Å². The normalized spacial score (nSPS) is 14.6. The lowest BCUT2D eigenvalue weighted by atomic mass is 10.2. The number of rotatable bonds is 7. The summed E-state index contributed by atoms with van der Waals surface area (Å²) in [5, 5.41) is 4.98. The number of benzene rings is 2. The van der Waals surface area contributed by atoms with Crippen molar-refractivity contribution in [2.75, 3.05) is 45.8 Å². The number of hydrogen-bond acceptors (Lipinski definition) is 8. The van der Waals surface area contributed by atoms with E-state index in [1.165, 1.54) is 41.0 Å². The fourth-order valence-electron chi connectivity index (χ4n) is 3.34. The number of nitrogens with one attached hydrogen (secondary N) is 1. The zero-order valence-corrected chi connectivity index (χ0v) is 19.7. The molecule has 0 aliphatic carbocycles. The summed E-state index contributed by atoms with van der Waals surface area (Å²) in [4.78, 5) is 17.3. The van der Waals surface area contributed by atoms with Crippen molar-refractivity contribution in [2.24, 2.45) is 0 Å². The first kappa shape index (κ1) is 23.2. The smallest absolute Gasteiger partial charge is 0.257 e. The van der Waals surface area contributed by atoms with Crippen molar-refractivity contribution in [3.8, 4) is 22.8 Å². The van der Waals surface area contributed by atoms with Gasteiger partial charge < -0.3 is 14.2 Å². The molecule has 0 saturated carbocycles. The van der Waals surface area contributed by atoms with E-state index in [0.29, 0.717) is 24.0 Å². The van der Waals surface area contributed by atoms with Gasteiger partial charge in [-0.2, -0.15) is 4.31 Å². The molecule has 2 aromatic carbocycles. The Morgan fingerprint density at radius 1 is 1.09 bits per heavy atom. The summed E-state index contributed by atoms with van der Waals surface area (Å²) in [7, 11) is -0.854. The number of thiazole rings is 1. The van der Waals surface area contributed by atoms with Crippen LogP contribution in [0.3, 0.4) is 0 Å². The first-order valence-corrected chi connectivity index (χ1v) is 12.4. The third-order valence-electron chi connectivity index (χ3n) is 5.12. The molecule has 1 amide bonds. The molecule has 1 aliphatic heterocycles.